The van der Waals surface area contributed by atoms with Gasteiger partial charge in [0.25, 0.3) is 0 Å². The van der Waals surface area contributed by atoms with Crippen LogP contribution in [0.1, 0.15) is 43.9 Å². The van der Waals surface area contributed by atoms with Crippen molar-refractivity contribution in [3.05, 3.63) is 34.9 Å². The molecule has 0 saturated heterocycles. The van der Waals surface area contributed by atoms with E-state index >= 15 is 0 Å². The lowest BCUT2D eigenvalue weighted by molar-refractivity contribution is 0.411. The van der Waals surface area contributed by atoms with Crippen LogP contribution in [0.25, 0.3) is 0 Å². The third-order valence-electron chi connectivity index (χ3n) is 2.90. The van der Waals surface area contributed by atoms with Crippen LogP contribution in [-0.2, 0) is 19.3 Å². The van der Waals surface area contributed by atoms with Crippen molar-refractivity contribution in [2.45, 2.75) is 46.5 Å². The summed E-state index contributed by atoms with van der Waals surface area (Å²) in [6, 6.07) is 7.08. The van der Waals surface area contributed by atoms with E-state index in [1.807, 2.05) is 0 Å². The molecule has 1 aromatic rings. The van der Waals surface area contributed by atoms with Crippen LogP contribution in [0, 0.1) is 5.41 Å². The Balaban J connectivity index is 2.21. The minimum absolute atomic E-state index is 0.410. The second-order valence-electron chi connectivity index (χ2n) is 5.69. The summed E-state index contributed by atoms with van der Waals surface area (Å²) in [6.45, 7) is 6.92. The van der Waals surface area contributed by atoms with Gasteiger partial charge in [0.1, 0.15) is 0 Å². The minimum Gasteiger partial charge on any atom is -0.0599 e. The van der Waals surface area contributed by atoms with Gasteiger partial charge >= 0.3 is 0 Å². The van der Waals surface area contributed by atoms with E-state index in [2.05, 4.69) is 39.0 Å². The number of aryl methyl sites for hydroxylation is 2. The van der Waals surface area contributed by atoms with Gasteiger partial charge in [-0.15, -0.1) is 0 Å². The molecule has 76 valence electrons. The zero-order valence-corrected chi connectivity index (χ0v) is 9.56. The van der Waals surface area contributed by atoms with Crippen molar-refractivity contribution >= 4 is 0 Å². The first-order valence-electron chi connectivity index (χ1n) is 5.65. The molecule has 0 aromatic heterocycles. The first-order valence-corrected chi connectivity index (χ1v) is 5.65. The number of fused-ring (bicyclic) bond motifs is 1. The van der Waals surface area contributed by atoms with Crippen LogP contribution in [0.4, 0.5) is 0 Å². The first-order chi connectivity index (χ1) is 6.54. The number of rotatable bonds is 1. The van der Waals surface area contributed by atoms with Crippen molar-refractivity contribution in [2.75, 3.05) is 0 Å². The van der Waals surface area contributed by atoms with Gasteiger partial charge in [-0.1, -0.05) is 39.0 Å². The van der Waals surface area contributed by atoms with Crippen LogP contribution < -0.4 is 0 Å². The predicted octanol–water partition coefficient (Wildman–Crippen LogP) is 3.76. The molecular weight excluding hydrogens is 168 g/mol. The molecule has 1 aromatic carbocycles. The van der Waals surface area contributed by atoms with Crippen LogP contribution >= 0.6 is 0 Å². The molecule has 0 N–H and O–H groups in total. The van der Waals surface area contributed by atoms with Gasteiger partial charge < -0.3 is 0 Å². The smallest absolute Gasteiger partial charge is 0.0230 e. The normalized spacial score (nSPS) is 15.6. The standard InChI is InChI=1S/C14H20/c1-14(2,3)10-11-7-8-12-5-4-6-13(12)9-11/h7-9H,4-6,10H2,1-3H3. The average molecular weight is 188 g/mol. The predicted molar refractivity (Wildman–Crippen MR) is 61.6 cm³/mol. The highest BCUT2D eigenvalue weighted by Crippen LogP contribution is 2.26. The van der Waals surface area contributed by atoms with Crippen LogP contribution in [0.5, 0.6) is 0 Å². The Morgan fingerprint density at radius 1 is 1.07 bits per heavy atom. The highest BCUT2D eigenvalue weighted by atomic mass is 14.2. The van der Waals surface area contributed by atoms with Gasteiger partial charge in [0.15, 0.2) is 0 Å². The summed E-state index contributed by atoms with van der Waals surface area (Å²) < 4.78 is 0. The fourth-order valence-corrected chi connectivity index (χ4v) is 2.35. The number of hydrogen-bond donors (Lipinski definition) is 0. The van der Waals surface area contributed by atoms with Crippen LogP contribution in [0.3, 0.4) is 0 Å². The number of benzene rings is 1. The van der Waals surface area contributed by atoms with E-state index in [9.17, 15) is 0 Å². The van der Waals surface area contributed by atoms with Crippen molar-refractivity contribution < 1.29 is 0 Å². The maximum atomic E-state index is 2.42. The van der Waals surface area contributed by atoms with E-state index in [-0.39, 0.29) is 0 Å². The molecule has 0 fully saturated rings. The second-order valence-corrected chi connectivity index (χ2v) is 5.69. The van der Waals surface area contributed by atoms with E-state index in [1.165, 1.54) is 31.2 Å². The fourth-order valence-electron chi connectivity index (χ4n) is 2.35. The molecule has 1 aliphatic rings. The molecular formula is C14H20. The van der Waals surface area contributed by atoms with Gasteiger partial charge in [-0.25, -0.2) is 0 Å². The quantitative estimate of drug-likeness (QED) is 0.629. The summed E-state index contributed by atoms with van der Waals surface area (Å²) in [5.41, 5.74) is 5.11. The molecule has 1 aliphatic carbocycles. The first kappa shape index (κ1) is 9.76. The van der Waals surface area contributed by atoms with Crippen LogP contribution in [0.15, 0.2) is 18.2 Å². The average Bonchev–Trinajstić information content (AvgIpc) is 2.47. The summed E-state index contributed by atoms with van der Waals surface area (Å²) in [4.78, 5) is 0. The van der Waals surface area contributed by atoms with Crippen molar-refractivity contribution in [1.29, 1.82) is 0 Å². The van der Waals surface area contributed by atoms with Gasteiger partial charge in [-0.3, -0.25) is 0 Å². The van der Waals surface area contributed by atoms with E-state index in [0.29, 0.717) is 5.41 Å². The highest BCUT2D eigenvalue weighted by molar-refractivity contribution is 5.35. The molecule has 2 rings (SSSR count). The maximum absolute atomic E-state index is 2.42. The van der Waals surface area contributed by atoms with Gasteiger partial charge in [0, 0.05) is 0 Å². The Hall–Kier alpha value is -0.780. The summed E-state index contributed by atoms with van der Waals surface area (Å²) in [5, 5.41) is 0. The molecule has 0 radical (unpaired) electrons. The van der Waals surface area contributed by atoms with Crippen molar-refractivity contribution in [3.63, 3.8) is 0 Å². The number of hydrogen-bond acceptors (Lipinski definition) is 0. The lowest BCUT2D eigenvalue weighted by Gasteiger charge is -2.18. The largest absolute Gasteiger partial charge is 0.0599 e. The van der Waals surface area contributed by atoms with E-state index in [0.717, 1.165) is 0 Å². The SMILES string of the molecule is CC(C)(C)Cc1ccc2c(c1)CCC2. The molecule has 0 unspecified atom stereocenters. The maximum Gasteiger partial charge on any atom is -0.0230 e. The van der Waals surface area contributed by atoms with Crippen LogP contribution in [-0.4, -0.2) is 0 Å². The van der Waals surface area contributed by atoms with Gasteiger partial charge in [-0.05, 0) is 47.8 Å². The highest BCUT2D eigenvalue weighted by Gasteiger charge is 2.14. The zero-order chi connectivity index (χ0) is 10.2. The van der Waals surface area contributed by atoms with Gasteiger partial charge in [0.05, 0.1) is 0 Å². The molecule has 0 heteroatoms. The Labute approximate surface area is 87.3 Å². The molecule has 0 saturated carbocycles. The molecule has 0 spiro atoms. The van der Waals surface area contributed by atoms with Crippen molar-refractivity contribution in [2.24, 2.45) is 5.41 Å². The summed E-state index contributed by atoms with van der Waals surface area (Å²) in [5.74, 6) is 0. The molecule has 14 heavy (non-hydrogen) atoms. The zero-order valence-electron chi connectivity index (χ0n) is 9.56. The van der Waals surface area contributed by atoms with Crippen LogP contribution in [0.2, 0.25) is 0 Å². The van der Waals surface area contributed by atoms with E-state index in [4.69, 9.17) is 0 Å². The molecule has 0 heterocycles. The Kier molecular flexibility index (Phi) is 2.38. The van der Waals surface area contributed by atoms with E-state index < -0.39 is 0 Å². The van der Waals surface area contributed by atoms with Crippen molar-refractivity contribution in [3.8, 4) is 0 Å². The Morgan fingerprint density at radius 3 is 2.50 bits per heavy atom. The lowest BCUT2D eigenvalue weighted by atomic mass is 9.87. The third-order valence-corrected chi connectivity index (χ3v) is 2.90. The summed E-state index contributed by atoms with van der Waals surface area (Å²) >= 11 is 0. The second kappa shape index (κ2) is 3.42. The fraction of sp³-hybridized carbons (Fsp3) is 0.571. The molecule has 0 nitrogen and oxygen atoms in total. The monoisotopic (exact) mass is 188 g/mol. The van der Waals surface area contributed by atoms with Crippen molar-refractivity contribution in [1.82, 2.24) is 0 Å². The van der Waals surface area contributed by atoms with Gasteiger partial charge in [-0.2, -0.15) is 0 Å². The Bertz CT molecular complexity index is 328. The third kappa shape index (κ3) is 2.17. The lowest BCUT2D eigenvalue weighted by Crippen LogP contribution is -2.09. The summed E-state index contributed by atoms with van der Waals surface area (Å²) in [6.07, 6.45) is 5.15. The van der Waals surface area contributed by atoms with Gasteiger partial charge in [0.2, 0.25) is 0 Å². The molecule has 0 bridgehead atoms. The topological polar surface area (TPSA) is 0 Å². The molecule has 0 aliphatic heterocycles. The summed E-state index contributed by atoms with van der Waals surface area (Å²) in [7, 11) is 0. The van der Waals surface area contributed by atoms with E-state index in [1.54, 1.807) is 11.1 Å². The minimum atomic E-state index is 0.410. The Morgan fingerprint density at radius 2 is 1.79 bits per heavy atom. The molecule has 0 atom stereocenters. The molecule has 0 amide bonds.